The second-order valence-electron chi connectivity index (χ2n) is 5.82. The molecule has 0 bridgehead atoms. The largest absolute Gasteiger partial charge is 0.336 e. The number of rotatable bonds is 4. The Labute approximate surface area is 152 Å². The van der Waals surface area contributed by atoms with Gasteiger partial charge in [-0.1, -0.05) is 12.1 Å². The third-order valence-corrected chi connectivity index (χ3v) is 4.90. The van der Waals surface area contributed by atoms with E-state index in [0.29, 0.717) is 12.2 Å². The zero-order valence-corrected chi connectivity index (χ0v) is 14.7. The lowest BCUT2D eigenvalue weighted by molar-refractivity contribution is 0.0781. The first-order chi connectivity index (χ1) is 12.6. The number of fused-ring (bicyclic) bond motifs is 1. The van der Waals surface area contributed by atoms with Gasteiger partial charge in [0.1, 0.15) is 16.9 Å². The van der Waals surface area contributed by atoms with Crippen molar-refractivity contribution in [2.45, 2.75) is 6.54 Å². The lowest BCUT2D eigenvalue weighted by Gasteiger charge is -2.15. The average Bonchev–Trinajstić information content (AvgIpc) is 3.33. The Balaban J connectivity index is 1.57. The Morgan fingerprint density at radius 3 is 3.00 bits per heavy atom. The van der Waals surface area contributed by atoms with Gasteiger partial charge in [-0.2, -0.15) is 5.10 Å². The van der Waals surface area contributed by atoms with Crippen molar-refractivity contribution in [1.29, 1.82) is 0 Å². The molecule has 0 aliphatic rings. The van der Waals surface area contributed by atoms with Gasteiger partial charge in [0, 0.05) is 19.4 Å². The highest BCUT2D eigenvalue weighted by Crippen LogP contribution is 2.23. The summed E-state index contributed by atoms with van der Waals surface area (Å²) in [6.45, 7) is 0.314. The van der Waals surface area contributed by atoms with Crippen LogP contribution in [0.4, 0.5) is 0 Å². The van der Waals surface area contributed by atoms with Crippen molar-refractivity contribution < 1.29 is 4.79 Å². The number of aromatic nitrogens is 4. The van der Waals surface area contributed by atoms with E-state index >= 15 is 0 Å². The fourth-order valence-electron chi connectivity index (χ4n) is 2.70. The van der Waals surface area contributed by atoms with Gasteiger partial charge in [-0.25, -0.2) is 4.98 Å². The SMILES string of the molecule is CN(Cc1cc(-c2cccs2)n[nH]1)C(=O)c1cnc2ccccn2c1=O. The molecule has 8 heteroatoms. The highest BCUT2D eigenvalue weighted by atomic mass is 32.1. The molecular weight excluding hydrogens is 350 g/mol. The van der Waals surface area contributed by atoms with Gasteiger partial charge in [0.25, 0.3) is 11.5 Å². The normalized spacial score (nSPS) is 11.0. The summed E-state index contributed by atoms with van der Waals surface area (Å²) in [5, 5.41) is 9.20. The predicted octanol–water partition coefficient (Wildman–Crippen LogP) is 2.42. The van der Waals surface area contributed by atoms with Crippen molar-refractivity contribution in [2.24, 2.45) is 0 Å². The van der Waals surface area contributed by atoms with E-state index in [1.54, 1.807) is 42.8 Å². The number of carbonyl (C=O) groups excluding carboxylic acids is 1. The fourth-order valence-corrected chi connectivity index (χ4v) is 3.39. The maximum Gasteiger partial charge on any atom is 0.270 e. The van der Waals surface area contributed by atoms with Crippen molar-refractivity contribution in [3.8, 4) is 10.6 Å². The molecule has 130 valence electrons. The molecule has 0 fully saturated rings. The van der Waals surface area contributed by atoms with Crippen LogP contribution in [0.2, 0.25) is 0 Å². The third kappa shape index (κ3) is 2.91. The lowest BCUT2D eigenvalue weighted by Crippen LogP contribution is -2.33. The number of amides is 1. The number of hydrogen-bond acceptors (Lipinski definition) is 5. The predicted molar refractivity (Wildman–Crippen MR) is 99.2 cm³/mol. The van der Waals surface area contributed by atoms with Crippen molar-refractivity contribution in [1.82, 2.24) is 24.5 Å². The summed E-state index contributed by atoms with van der Waals surface area (Å²) in [6.07, 6.45) is 2.93. The number of pyridine rings is 1. The molecule has 7 nitrogen and oxygen atoms in total. The number of thiophene rings is 1. The second kappa shape index (κ2) is 6.57. The Kier molecular flexibility index (Phi) is 4.10. The molecular formula is C18H15N5O2S. The van der Waals surface area contributed by atoms with Crippen LogP contribution < -0.4 is 5.56 Å². The average molecular weight is 365 g/mol. The zero-order chi connectivity index (χ0) is 18.1. The minimum absolute atomic E-state index is 0.0363. The van der Waals surface area contributed by atoms with Crippen molar-refractivity contribution >= 4 is 22.9 Å². The molecule has 26 heavy (non-hydrogen) atoms. The van der Waals surface area contributed by atoms with Gasteiger partial charge in [-0.05, 0) is 29.6 Å². The Bertz CT molecular complexity index is 1130. The van der Waals surface area contributed by atoms with Crippen LogP contribution in [-0.4, -0.2) is 37.4 Å². The zero-order valence-electron chi connectivity index (χ0n) is 13.9. The fraction of sp³-hybridized carbons (Fsp3) is 0.111. The lowest BCUT2D eigenvalue weighted by atomic mass is 10.2. The molecule has 1 N–H and O–H groups in total. The van der Waals surface area contributed by atoms with E-state index in [1.807, 2.05) is 23.6 Å². The van der Waals surface area contributed by atoms with Crippen LogP contribution in [-0.2, 0) is 6.54 Å². The van der Waals surface area contributed by atoms with Crippen LogP contribution in [0.15, 0.2) is 59.0 Å². The summed E-state index contributed by atoms with van der Waals surface area (Å²) in [5.74, 6) is -0.381. The van der Waals surface area contributed by atoms with Crippen molar-refractivity contribution in [3.05, 3.63) is 75.8 Å². The standard InChI is InChI=1S/C18H15N5O2S/c1-22(11-12-9-14(21-20-12)15-5-4-8-26-15)17(24)13-10-19-16-6-2-3-7-23(16)18(13)25/h2-10H,11H2,1H3,(H,20,21). The van der Waals surface area contributed by atoms with Gasteiger partial charge in [0.2, 0.25) is 0 Å². The summed E-state index contributed by atoms with van der Waals surface area (Å²) in [7, 11) is 1.65. The number of H-pyrrole nitrogens is 1. The Morgan fingerprint density at radius 2 is 2.19 bits per heavy atom. The van der Waals surface area contributed by atoms with Crippen LogP contribution in [0.5, 0.6) is 0 Å². The van der Waals surface area contributed by atoms with Crippen LogP contribution >= 0.6 is 11.3 Å². The molecule has 4 rings (SSSR count). The van der Waals surface area contributed by atoms with E-state index < -0.39 is 0 Å². The van der Waals surface area contributed by atoms with E-state index in [4.69, 9.17) is 0 Å². The molecule has 0 saturated heterocycles. The van der Waals surface area contributed by atoms with Crippen LogP contribution in [0, 0.1) is 0 Å². The molecule has 0 aliphatic carbocycles. The molecule has 0 spiro atoms. The minimum atomic E-state index is -0.381. The summed E-state index contributed by atoms with van der Waals surface area (Å²) in [4.78, 5) is 31.9. The van der Waals surface area contributed by atoms with E-state index in [9.17, 15) is 9.59 Å². The molecule has 0 saturated carbocycles. The molecule has 4 heterocycles. The number of aromatic amines is 1. The number of nitrogens with one attached hydrogen (secondary N) is 1. The molecule has 1 amide bonds. The van der Waals surface area contributed by atoms with Gasteiger partial charge in [0.05, 0.1) is 17.1 Å². The van der Waals surface area contributed by atoms with Crippen LogP contribution in [0.3, 0.4) is 0 Å². The monoisotopic (exact) mass is 365 g/mol. The molecule has 0 aliphatic heterocycles. The summed E-state index contributed by atoms with van der Waals surface area (Å²) >= 11 is 1.60. The van der Waals surface area contributed by atoms with E-state index in [1.165, 1.54) is 15.5 Å². The minimum Gasteiger partial charge on any atom is -0.336 e. The molecule has 0 atom stereocenters. The van der Waals surface area contributed by atoms with Gasteiger partial charge in [0.15, 0.2) is 0 Å². The van der Waals surface area contributed by atoms with E-state index in [-0.39, 0.29) is 17.0 Å². The highest BCUT2D eigenvalue weighted by Gasteiger charge is 2.18. The van der Waals surface area contributed by atoms with Gasteiger partial charge in [-0.3, -0.25) is 19.1 Å². The van der Waals surface area contributed by atoms with Crippen LogP contribution in [0.25, 0.3) is 16.2 Å². The second-order valence-corrected chi connectivity index (χ2v) is 6.77. The van der Waals surface area contributed by atoms with Crippen LogP contribution in [0.1, 0.15) is 16.1 Å². The molecule has 0 radical (unpaired) electrons. The Hall–Kier alpha value is -3.26. The van der Waals surface area contributed by atoms with Gasteiger partial charge < -0.3 is 4.90 Å². The summed E-state index contributed by atoms with van der Waals surface area (Å²) in [6, 6.07) is 11.1. The quantitative estimate of drug-likeness (QED) is 0.602. The van der Waals surface area contributed by atoms with E-state index in [2.05, 4.69) is 15.2 Å². The summed E-state index contributed by atoms with van der Waals surface area (Å²) < 4.78 is 1.37. The maximum atomic E-state index is 12.7. The molecule has 4 aromatic rings. The summed E-state index contributed by atoms with van der Waals surface area (Å²) in [5.41, 5.74) is 1.79. The first-order valence-electron chi connectivity index (χ1n) is 7.93. The van der Waals surface area contributed by atoms with Gasteiger partial charge >= 0.3 is 0 Å². The number of nitrogens with zero attached hydrogens (tertiary/aromatic N) is 4. The first kappa shape index (κ1) is 16.2. The smallest absolute Gasteiger partial charge is 0.270 e. The third-order valence-electron chi connectivity index (χ3n) is 4.00. The molecule has 0 unspecified atom stereocenters. The topological polar surface area (TPSA) is 83.4 Å². The van der Waals surface area contributed by atoms with Crippen molar-refractivity contribution in [2.75, 3.05) is 7.05 Å². The first-order valence-corrected chi connectivity index (χ1v) is 8.81. The number of hydrogen-bond donors (Lipinski definition) is 1. The Morgan fingerprint density at radius 1 is 1.31 bits per heavy atom. The molecule has 0 aromatic carbocycles. The van der Waals surface area contributed by atoms with Crippen molar-refractivity contribution in [3.63, 3.8) is 0 Å². The highest BCUT2D eigenvalue weighted by molar-refractivity contribution is 7.13. The number of carbonyl (C=O) groups is 1. The van der Waals surface area contributed by atoms with E-state index in [0.717, 1.165) is 16.3 Å². The van der Waals surface area contributed by atoms with Gasteiger partial charge in [-0.15, -0.1) is 11.3 Å². The maximum absolute atomic E-state index is 12.7. The molecule has 4 aromatic heterocycles.